The first-order chi connectivity index (χ1) is 16.2. The fourth-order valence-corrected chi connectivity index (χ4v) is 5.14. The molecule has 2 heterocycles. The van der Waals surface area contributed by atoms with Gasteiger partial charge < -0.3 is 20.3 Å². The molecule has 1 aliphatic heterocycles. The summed E-state index contributed by atoms with van der Waals surface area (Å²) in [4.78, 5) is 51.0. The predicted molar refractivity (Wildman–Crippen MR) is 125 cm³/mol. The van der Waals surface area contributed by atoms with Gasteiger partial charge in [0.25, 0.3) is 5.91 Å². The summed E-state index contributed by atoms with van der Waals surface area (Å²) in [5, 5.41) is 15.4. The minimum absolute atomic E-state index is 0.0643. The number of carboxylic acid groups (broad SMARTS) is 1. The number of aromatic nitrogens is 1. The van der Waals surface area contributed by atoms with Gasteiger partial charge in [-0.2, -0.15) is 0 Å². The van der Waals surface area contributed by atoms with Crippen molar-refractivity contribution in [2.45, 2.75) is 64.6 Å². The van der Waals surface area contributed by atoms with E-state index < -0.39 is 29.9 Å². The molecule has 8 heteroatoms. The van der Waals surface area contributed by atoms with Crippen molar-refractivity contribution in [1.29, 1.82) is 0 Å². The second-order valence-electron chi connectivity index (χ2n) is 9.78. The Labute approximate surface area is 198 Å². The van der Waals surface area contributed by atoms with Crippen LogP contribution in [0.15, 0.2) is 36.5 Å². The molecule has 1 aliphatic carbocycles. The number of amides is 2. The first kappa shape index (κ1) is 23.7. The second kappa shape index (κ2) is 9.44. The number of rotatable bonds is 6. The number of aryl methyl sites for hydroxylation is 2. The van der Waals surface area contributed by atoms with Crippen LogP contribution in [0.4, 0.5) is 0 Å². The highest BCUT2D eigenvalue weighted by atomic mass is 16.4. The molecule has 2 unspecified atom stereocenters. The summed E-state index contributed by atoms with van der Waals surface area (Å²) in [5.74, 6) is -3.37. The Morgan fingerprint density at radius 2 is 1.94 bits per heavy atom. The summed E-state index contributed by atoms with van der Waals surface area (Å²) in [6.07, 6.45) is 3.05. The maximum Gasteiger partial charge on any atom is 0.308 e. The summed E-state index contributed by atoms with van der Waals surface area (Å²) in [5.41, 5.74) is 3.28. The van der Waals surface area contributed by atoms with Gasteiger partial charge in [0.15, 0.2) is 0 Å². The lowest BCUT2D eigenvalue weighted by Gasteiger charge is -2.33. The maximum atomic E-state index is 13.3. The quantitative estimate of drug-likeness (QED) is 0.606. The Morgan fingerprint density at radius 1 is 1.18 bits per heavy atom. The number of carbonyl (C=O) groups excluding carboxylic acids is 3. The second-order valence-corrected chi connectivity index (χ2v) is 9.78. The molecule has 0 saturated heterocycles. The zero-order chi connectivity index (χ0) is 24.6. The molecule has 8 nitrogen and oxygen atoms in total. The van der Waals surface area contributed by atoms with E-state index in [-0.39, 0.29) is 36.5 Å². The van der Waals surface area contributed by atoms with Gasteiger partial charge in [-0.15, -0.1) is 0 Å². The number of nitrogens with one attached hydrogen (secondary N) is 2. The van der Waals surface area contributed by atoms with Crippen molar-refractivity contribution < 1.29 is 24.3 Å². The smallest absolute Gasteiger partial charge is 0.308 e. The highest BCUT2D eigenvalue weighted by molar-refractivity contribution is 5.98. The molecule has 1 aromatic heterocycles. The van der Waals surface area contributed by atoms with Crippen LogP contribution in [0.25, 0.3) is 0 Å². The third-order valence-electron chi connectivity index (χ3n) is 6.92. The van der Waals surface area contributed by atoms with Gasteiger partial charge in [0.05, 0.1) is 11.8 Å². The number of aliphatic carboxylic acids is 1. The average molecular weight is 466 g/mol. The number of nitrogens with zero attached hydrogens (tertiary/aromatic N) is 1. The first-order valence-corrected chi connectivity index (χ1v) is 11.8. The van der Waals surface area contributed by atoms with Crippen molar-refractivity contribution in [1.82, 2.24) is 15.2 Å². The number of carboxylic acids is 1. The number of Topliss-reactive ketones (excluding diaryl/α,β-unsaturated/α-hetero) is 1. The van der Waals surface area contributed by atoms with E-state index in [4.69, 9.17) is 0 Å². The van der Waals surface area contributed by atoms with Gasteiger partial charge in [0.1, 0.15) is 11.8 Å². The van der Waals surface area contributed by atoms with Crippen molar-refractivity contribution in [2.75, 3.05) is 0 Å². The lowest BCUT2D eigenvalue weighted by Crippen LogP contribution is -2.54. The molecule has 2 aliphatic rings. The first-order valence-electron chi connectivity index (χ1n) is 11.8. The van der Waals surface area contributed by atoms with Gasteiger partial charge in [0, 0.05) is 36.5 Å². The fourth-order valence-electron chi connectivity index (χ4n) is 5.14. The Morgan fingerprint density at radius 3 is 2.62 bits per heavy atom. The van der Waals surface area contributed by atoms with E-state index in [0.717, 1.165) is 16.8 Å². The molecule has 4 rings (SSSR count). The lowest BCUT2D eigenvalue weighted by atomic mass is 9.79. The Bertz CT molecular complexity index is 1140. The Kier molecular flexibility index (Phi) is 6.59. The summed E-state index contributed by atoms with van der Waals surface area (Å²) in [6, 6.07) is 7.89. The standard InChI is InChI=1S/C26H31N3O5/c1-14(2)22(28-24(31)17-6-4-5-15(3)11-17)25(32)27-19-8-7-16-9-10-29-13-18(26(33)34)12-20(30)21(19)23(16)29/h4-6,9-11,14,18-19,21-22H,7-8,12-13H2,1-3H3,(H,27,32)(H,28,31)(H,33,34)/t18-,19-,21?,22?/m0/s1. The minimum Gasteiger partial charge on any atom is -0.481 e. The summed E-state index contributed by atoms with van der Waals surface area (Å²) in [7, 11) is 0. The topological polar surface area (TPSA) is 118 Å². The van der Waals surface area contributed by atoms with Gasteiger partial charge >= 0.3 is 5.97 Å². The van der Waals surface area contributed by atoms with Crippen LogP contribution in [-0.2, 0) is 27.3 Å². The number of ketones is 1. The van der Waals surface area contributed by atoms with E-state index in [1.54, 1.807) is 18.2 Å². The van der Waals surface area contributed by atoms with Crippen LogP contribution in [0.5, 0.6) is 0 Å². The van der Waals surface area contributed by atoms with E-state index in [2.05, 4.69) is 10.6 Å². The molecule has 3 N–H and O–H groups in total. The van der Waals surface area contributed by atoms with Gasteiger partial charge in [0.2, 0.25) is 5.91 Å². The van der Waals surface area contributed by atoms with Crippen LogP contribution < -0.4 is 10.6 Å². The van der Waals surface area contributed by atoms with Crippen LogP contribution in [0.2, 0.25) is 0 Å². The van der Waals surface area contributed by atoms with Crippen molar-refractivity contribution in [3.05, 3.63) is 58.9 Å². The van der Waals surface area contributed by atoms with Crippen LogP contribution in [0, 0.1) is 18.8 Å². The van der Waals surface area contributed by atoms with Crippen LogP contribution in [-0.4, -0.2) is 45.3 Å². The largest absolute Gasteiger partial charge is 0.481 e. The third-order valence-corrected chi connectivity index (χ3v) is 6.92. The molecule has 4 atom stereocenters. The lowest BCUT2D eigenvalue weighted by molar-refractivity contribution is -0.144. The average Bonchev–Trinajstić information content (AvgIpc) is 3.11. The normalized spacial score (nSPS) is 22.5. The number of hydrogen-bond acceptors (Lipinski definition) is 4. The minimum atomic E-state index is -0.992. The van der Waals surface area contributed by atoms with Gasteiger partial charge in [-0.25, -0.2) is 0 Å². The number of hydrogen-bond donors (Lipinski definition) is 3. The van der Waals surface area contributed by atoms with E-state index in [1.165, 1.54) is 0 Å². The Hall–Kier alpha value is -3.42. The van der Waals surface area contributed by atoms with E-state index in [1.807, 2.05) is 43.7 Å². The maximum absolute atomic E-state index is 13.3. The van der Waals surface area contributed by atoms with Gasteiger partial charge in [-0.05, 0) is 49.4 Å². The van der Waals surface area contributed by atoms with Crippen molar-refractivity contribution in [3.8, 4) is 0 Å². The predicted octanol–water partition coefficient (Wildman–Crippen LogP) is 2.44. The highest BCUT2D eigenvalue weighted by Crippen LogP contribution is 2.38. The van der Waals surface area contributed by atoms with Crippen LogP contribution in [0.1, 0.15) is 59.8 Å². The monoisotopic (exact) mass is 465 g/mol. The zero-order valence-corrected chi connectivity index (χ0v) is 19.7. The molecule has 180 valence electrons. The fraction of sp³-hybridized carbons (Fsp3) is 0.462. The van der Waals surface area contributed by atoms with Crippen molar-refractivity contribution >= 4 is 23.6 Å². The molecule has 0 spiro atoms. The van der Waals surface area contributed by atoms with Crippen molar-refractivity contribution in [2.24, 2.45) is 11.8 Å². The van der Waals surface area contributed by atoms with E-state index in [0.29, 0.717) is 18.4 Å². The molecule has 0 bridgehead atoms. The molecular weight excluding hydrogens is 434 g/mol. The van der Waals surface area contributed by atoms with Gasteiger partial charge in [-0.1, -0.05) is 31.5 Å². The van der Waals surface area contributed by atoms with E-state index >= 15 is 0 Å². The van der Waals surface area contributed by atoms with Crippen LogP contribution >= 0.6 is 0 Å². The summed E-state index contributed by atoms with van der Waals surface area (Å²) >= 11 is 0. The number of carbonyl (C=O) groups is 4. The molecular formula is C26H31N3O5. The summed E-state index contributed by atoms with van der Waals surface area (Å²) in [6.45, 7) is 5.86. The molecule has 2 aromatic rings. The molecule has 0 fully saturated rings. The summed E-state index contributed by atoms with van der Waals surface area (Å²) < 4.78 is 1.86. The van der Waals surface area contributed by atoms with Crippen molar-refractivity contribution in [3.63, 3.8) is 0 Å². The molecule has 0 radical (unpaired) electrons. The molecule has 1 aromatic carbocycles. The molecule has 34 heavy (non-hydrogen) atoms. The number of benzene rings is 1. The third kappa shape index (κ3) is 4.62. The van der Waals surface area contributed by atoms with Gasteiger partial charge in [-0.3, -0.25) is 19.2 Å². The molecule has 0 saturated carbocycles. The SMILES string of the molecule is Cc1cccc(C(=O)NC(C(=O)N[C@H]2CCc3ccn4c3C2C(=O)C[C@H](C(=O)O)C4)C(C)C)c1. The highest BCUT2D eigenvalue weighted by Gasteiger charge is 2.42. The zero-order valence-electron chi connectivity index (χ0n) is 19.7. The molecule has 2 amide bonds. The Balaban J connectivity index is 1.54. The van der Waals surface area contributed by atoms with Crippen LogP contribution in [0.3, 0.4) is 0 Å². The van der Waals surface area contributed by atoms with E-state index in [9.17, 15) is 24.3 Å².